The first-order valence-corrected chi connectivity index (χ1v) is 15.7. The number of aromatic carboxylic acids is 1. The van der Waals surface area contributed by atoms with E-state index < -0.39 is 27.9 Å². The normalized spacial score (nSPS) is 16.3. The fourth-order valence-corrected chi connectivity index (χ4v) is 7.25. The molecule has 2 N–H and O–H groups in total. The summed E-state index contributed by atoms with van der Waals surface area (Å²) in [6.07, 6.45) is 1.81. The van der Waals surface area contributed by atoms with Gasteiger partial charge < -0.3 is 15.3 Å². The van der Waals surface area contributed by atoms with Crippen molar-refractivity contribution in [3.05, 3.63) is 75.8 Å². The number of carbonyl (C=O) groups excluding carboxylic acids is 1. The van der Waals surface area contributed by atoms with Crippen LogP contribution in [0.1, 0.15) is 65.2 Å². The Labute approximate surface area is 239 Å². The number of carboxylic acids is 1. The lowest BCUT2D eigenvalue weighted by Crippen LogP contribution is -2.60. The SMILES string of the molecule is CCCc1ccc(S(=O)(=O)N2CCN(c3nc(C)c(C(=O)O)s3)CC2C(=O)NCc2ccc(C(C)C)cc2)cc1. The van der Waals surface area contributed by atoms with Crippen LogP contribution in [0.15, 0.2) is 53.4 Å². The van der Waals surface area contributed by atoms with E-state index in [-0.39, 0.29) is 36.0 Å². The number of carbonyl (C=O) groups is 2. The third-order valence-electron chi connectivity index (χ3n) is 7.07. The molecular formula is C29H36N4O5S2. The highest BCUT2D eigenvalue weighted by Gasteiger charge is 2.41. The summed E-state index contributed by atoms with van der Waals surface area (Å²) in [7, 11) is -3.97. The number of benzene rings is 2. The molecule has 1 unspecified atom stereocenters. The number of anilines is 1. The van der Waals surface area contributed by atoms with Gasteiger partial charge >= 0.3 is 5.97 Å². The highest BCUT2D eigenvalue weighted by Crippen LogP contribution is 2.30. The number of amides is 1. The number of rotatable bonds is 10. The van der Waals surface area contributed by atoms with Gasteiger partial charge in [0, 0.05) is 26.2 Å². The van der Waals surface area contributed by atoms with Gasteiger partial charge in [-0.3, -0.25) is 4.79 Å². The second-order valence-electron chi connectivity index (χ2n) is 10.3. The van der Waals surface area contributed by atoms with E-state index in [4.69, 9.17) is 0 Å². The maximum absolute atomic E-state index is 13.8. The summed E-state index contributed by atoms with van der Waals surface area (Å²) in [5.74, 6) is -1.09. The fourth-order valence-electron chi connectivity index (χ4n) is 4.74. The van der Waals surface area contributed by atoms with Crippen molar-refractivity contribution in [3.63, 3.8) is 0 Å². The van der Waals surface area contributed by atoms with Gasteiger partial charge in [0.15, 0.2) is 5.13 Å². The summed E-state index contributed by atoms with van der Waals surface area (Å²) < 4.78 is 28.8. The molecule has 0 saturated carbocycles. The second kappa shape index (κ2) is 12.5. The van der Waals surface area contributed by atoms with Gasteiger partial charge in [0.1, 0.15) is 10.9 Å². The van der Waals surface area contributed by atoms with Crippen molar-refractivity contribution in [3.8, 4) is 0 Å². The molecular weight excluding hydrogens is 548 g/mol. The van der Waals surface area contributed by atoms with Crippen LogP contribution in [-0.2, 0) is 27.8 Å². The van der Waals surface area contributed by atoms with Crippen molar-refractivity contribution in [2.75, 3.05) is 24.5 Å². The van der Waals surface area contributed by atoms with Gasteiger partial charge in [-0.05, 0) is 48.1 Å². The maximum Gasteiger partial charge on any atom is 0.347 e. The van der Waals surface area contributed by atoms with Gasteiger partial charge in [-0.1, -0.05) is 74.9 Å². The van der Waals surface area contributed by atoms with E-state index in [2.05, 4.69) is 31.1 Å². The average molecular weight is 585 g/mol. The number of aryl methyl sites for hydroxylation is 2. The molecule has 40 heavy (non-hydrogen) atoms. The Hall–Kier alpha value is -3.28. The molecule has 1 amide bonds. The minimum atomic E-state index is -3.97. The first-order valence-electron chi connectivity index (χ1n) is 13.4. The standard InChI is InChI=1S/C29H36N4O5S2/c1-5-6-21-9-13-24(14-10-21)40(37,38)33-16-15-32(29-31-20(4)26(39-29)28(35)36)18-25(33)27(34)30-17-22-7-11-23(12-8-22)19(2)3/h7-14,19,25H,5-6,15-18H2,1-4H3,(H,30,34)(H,35,36). The zero-order chi connectivity index (χ0) is 29.0. The average Bonchev–Trinajstić information content (AvgIpc) is 3.34. The molecule has 3 aromatic rings. The van der Waals surface area contributed by atoms with E-state index in [0.717, 1.165) is 35.3 Å². The monoisotopic (exact) mass is 584 g/mol. The third-order valence-corrected chi connectivity index (χ3v) is 10.2. The minimum absolute atomic E-state index is 0.0529. The molecule has 1 fully saturated rings. The van der Waals surface area contributed by atoms with E-state index in [9.17, 15) is 23.1 Å². The van der Waals surface area contributed by atoms with Gasteiger partial charge in [-0.2, -0.15) is 4.31 Å². The smallest absolute Gasteiger partial charge is 0.347 e. The van der Waals surface area contributed by atoms with Crippen molar-refractivity contribution in [1.29, 1.82) is 0 Å². The maximum atomic E-state index is 13.8. The van der Waals surface area contributed by atoms with Crippen LogP contribution in [0, 0.1) is 6.92 Å². The van der Waals surface area contributed by atoms with E-state index in [1.54, 1.807) is 24.0 Å². The van der Waals surface area contributed by atoms with E-state index in [0.29, 0.717) is 16.7 Å². The van der Waals surface area contributed by atoms with Gasteiger partial charge in [0.2, 0.25) is 15.9 Å². The Kier molecular flexibility index (Phi) is 9.27. The minimum Gasteiger partial charge on any atom is -0.477 e. The summed E-state index contributed by atoms with van der Waals surface area (Å²) in [5, 5.41) is 12.8. The van der Waals surface area contributed by atoms with Gasteiger partial charge in [-0.15, -0.1) is 0 Å². The third kappa shape index (κ3) is 6.54. The van der Waals surface area contributed by atoms with Crippen molar-refractivity contribution >= 4 is 38.4 Å². The topological polar surface area (TPSA) is 120 Å². The summed E-state index contributed by atoms with van der Waals surface area (Å²) in [6, 6.07) is 13.8. The highest BCUT2D eigenvalue weighted by molar-refractivity contribution is 7.89. The van der Waals surface area contributed by atoms with Gasteiger partial charge in [0.05, 0.1) is 10.6 Å². The molecule has 1 aliphatic rings. The predicted molar refractivity (Wildman–Crippen MR) is 157 cm³/mol. The Balaban J connectivity index is 1.59. The first kappa shape index (κ1) is 29.7. The Morgan fingerprint density at radius 2 is 1.73 bits per heavy atom. The summed E-state index contributed by atoms with van der Waals surface area (Å²) in [5.41, 5.74) is 3.55. The van der Waals surface area contributed by atoms with Crippen molar-refractivity contribution < 1.29 is 23.1 Å². The quantitative estimate of drug-likeness (QED) is 0.362. The van der Waals surface area contributed by atoms with Crippen LogP contribution in [0.25, 0.3) is 0 Å². The Morgan fingerprint density at radius 3 is 2.30 bits per heavy atom. The predicted octanol–water partition coefficient (Wildman–Crippen LogP) is 4.42. The second-order valence-corrected chi connectivity index (χ2v) is 13.2. The molecule has 214 valence electrons. The van der Waals surface area contributed by atoms with Crippen LogP contribution in [-0.4, -0.2) is 60.4 Å². The lowest BCUT2D eigenvalue weighted by Gasteiger charge is -2.39. The Bertz CT molecular complexity index is 1450. The lowest BCUT2D eigenvalue weighted by molar-refractivity contribution is -0.125. The van der Waals surface area contributed by atoms with Gasteiger partial charge in [0.25, 0.3) is 0 Å². The van der Waals surface area contributed by atoms with E-state index in [1.807, 2.05) is 36.4 Å². The number of nitrogens with one attached hydrogen (secondary N) is 1. The number of sulfonamides is 1. The molecule has 1 aromatic heterocycles. The number of nitrogens with zero attached hydrogens (tertiary/aromatic N) is 3. The van der Waals surface area contributed by atoms with E-state index in [1.165, 1.54) is 9.87 Å². The number of hydrogen-bond donors (Lipinski definition) is 2. The van der Waals surface area contributed by atoms with Crippen molar-refractivity contribution in [1.82, 2.24) is 14.6 Å². The molecule has 1 atom stereocenters. The zero-order valence-electron chi connectivity index (χ0n) is 23.3. The molecule has 0 aliphatic carbocycles. The van der Waals surface area contributed by atoms with E-state index >= 15 is 0 Å². The lowest BCUT2D eigenvalue weighted by atomic mass is 10.0. The largest absolute Gasteiger partial charge is 0.477 e. The summed E-state index contributed by atoms with van der Waals surface area (Å²) in [4.78, 5) is 31.6. The first-order chi connectivity index (χ1) is 19.0. The zero-order valence-corrected chi connectivity index (χ0v) is 24.9. The van der Waals surface area contributed by atoms with Crippen molar-refractivity contribution in [2.45, 2.75) is 63.9 Å². The number of carboxylic acid groups (broad SMARTS) is 1. The van der Waals surface area contributed by atoms with Gasteiger partial charge in [-0.25, -0.2) is 18.2 Å². The van der Waals surface area contributed by atoms with Crippen LogP contribution in [0.3, 0.4) is 0 Å². The van der Waals surface area contributed by atoms with Crippen LogP contribution >= 0.6 is 11.3 Å². The number of thiazole rings is 1. The van der Waals surface area contributed by atoms with Crippen LogP contribution < -0.4 is 10.2 Å². The molecule has 4 rings (SSSR count). The molecule has 1 saturated heterocycles. The molecule has 0 bridgehead atoms. The van der Waals surface area contributed by atoms with Crippen molar-refractivity contribution in [2.24, 2.45) is 0 Å². The molecule has 9 nitrogen and oxygen atoms in total. The molecule has 0 spiro atoms. The number of hydrogen-bond acceptors (Lipinski definition) is 7. The van der Waals surface area contributed by atoms with Crippen LogP contribution in [0.4, 0.5) is 5.13 Å². The van der Waals surface area contributed by atoms with Crippen LogP contribution in [0.2, 0.25) is 0 Å². The summed E-state index contributed by atoms with van der Waals surface area (Å²) in [6.45, 7) is 8.56. The molecule has 0 radical (unpaired) electrons. The highest BCUT2D eigenvalue weighted by atomic mass is 32.2. The Morgan fingerprint density at radius 1 is 1.07 bits per heavy atom. The van der Waals surface area contributed by atoms with Crippen LogP contribution in [0.5, 0.6) is 0 Å². The molecule has 2 aromatic carbocycles. The fraction of sp³-hybridized carbons (Fsp3) is 0.414. The summed E-state index contributed by atoms with van der Waals surface area (Å²) >= 11 is 1.03. The number of aromatic nitrogens is 1. The number of piperazine rings is 1. The molecule has 11 heteroatoms. The molecule has 2 heterocycles. The molecule has 1 aliphatic heterocycles.